The number of anilines is 2. The number of nitrogens with zero attached hydrogens (tertiary/aromatic N) is 4. The highest BCUT2D eigenvalue weighted by Crippen LogP contribution is 2.55. The van der Waals surface area contributed by atoms with Gasteiger partial charge in [0.15, 0.2) is 0 Å². The minimum absolute atomic E-state index is 0.0289. The van der Waals surface area contributed by atoms with E-state index in [-0.39, 0.29) is 23.6 Å². The fourth-order valence-corrected chi connectivity index (χ4v) is 8.31. The van der Waals surface area contributed by atoms with Crippen LogP contribution in [-0.4, -0.2) is 60.2 Å². The van der Waals surface area contributed by atoms with Gasteiger partial charge in [0.25, 0.3) is 5.91 Å². The molecule has 0 N–H and O–H groups in total. The number of amides is 2. The van der Waals surface area contributed by atoms with E-state index >= 15 is 0 Å². The highest BCUT2D eigenvalue weighted by Gasteiger charge is 2.61. The monoisotopic (exact) mass is 602 g/mol. The van der Waals surface area contributed by atoms with Gasteiger partial charge < -0.3 is 0 Å². The van der Waals surface area contributed by atoms with Crippen molar-refractivity contribution in [3.05, 3.63) is 131 Å². The molecule has 1 atom stereocenters. The zero-order valence-electron chi connectivity index (χ0n) is 25.3. The van der Waals surface area contributed by atoms with E-state index in [1.165, 1.54) is 28.5 Å². The second kappa shape index (κ2) is 11.9. The lowest BCUT2D eigenvalue weighted by Crippen LogP contribution is -2.54. The van der Waals surface area contributed by atoms with Crippen LogP contribution in [0.1, 0.15) is 48.1 Å². The minimum atomic E-state index is -1.08. The fourth-order valence-electron chi connectivity index (χ4n) is 6.95. The molecule has 0 saturated carbocycles. The second-order valence-corrected chi connectivity index (χ2v) is 13.3. The zero-order valence-corrected chi connectivity index (χ0v) is 26.1. The number of rotatable bonds is 7. The van der Waals surface area contributed by atoms with Gasteiger partial charge in [-0.15, -0.1) is 11.8 Å². The Labute approximate surface area is 264 Å². The molecule has 4 aromatic carbocycles. The van der Waals surface area contributed by atoms with Gasteiger partial charge in [-0.3, -0.25) is 29.2 Å². The van der Waals surface area contributed by atoms with Crippen molar-refractivity contribution in [1.29, 1.82) is 0 Å². The van der Waals surface area contributed by atoms with Crippen LogP contribution in [0.15, 0.2) is 109 Å². The van der Waals surface area contributed by atoms with Crippen LogP contribution in [0.25, 0.3) is 0 Å². The Balaban J connectivity index is 1.13. The lowest BCUT2D eigenvalue weighted by Gasteiger charge is -2.41. The summed E-state index contributed by atoms with van der Waals surface area (Å²) >= 11 is 1.45. The summed E-state index contributed by atoms with van der Waals surface area (Å²) < 4.78 is 0. The summed E-state index contributed by atoms with van der Waals surface area (Å²) in [5, 5.41) is 0. The van der Waals surface area contributed by atoms with Crippen molar-refractivity contribution in [2.24, 2.45) is 0 Å². The molecule has 44 heavy (non-hydrogen) atoms. The normalized spacial score (nSPS) is 20.8. The number of hydrogen-bond acceptors (Lipinski definition) is 5. The first-order valence-corrected chi connectivity index (χ1v) is 16.5. The quantitative estimate of drug-likeness (QED) is 0.243. The first kappa shape index (κ1) is 28.8. The number of piperazine rings is 1. The van der Waals surface area contributed by atoms with Crippen molar-refractivity contribution in [3.8, 4) is 0 Å². The zero-order chi connectivity index (χ0) is 30.3. The average molecular weight is 603 g/mol. The van der Waals surface area contributed by atoms with Gasteiger partial charge in [-0.1, -0.05) is 105 Å². The van der Waals surface area contributed by atoms with E-state index in [1.807, 2.05) is 41.3 Å². The Kier molecular flexibility index (Phi) is 7.79. The lowest BCUT2D eigenvalue weighted by atomic mass is 9.96. The van der Waals surface area contributed by atoms with Crippen LogP contribution in [-0.2, 0) is 14.5 Å². The van der Waals surface area contributed by atoms with Crippen molar-refractivity contribution in [1.82, 2.24) is 9.80 Å². The molecule has 0 aliphatic carbocycles. The van der Waals surface area contributed by atoms with E-state index in [0.717, 1.165) is 43.1 Å². The molecule has 224 valence electrons. The van der Waals surface area contributed by atoms with Gasteiger partial charge in [0, 0.05) is 37.4 Å². The molecule has 3 aliphatic heterocycles. The van der Waals surface area contributed by atoms with Gasteiger partial charge in [-0.25, -0.2) is 0 Å². The van der Waals surface area contributed by atoms with Crippen molar-refractivity contribution >= 4 is 35.0 Å². The van der Waals surface area contributed by atoms with Crippen molar-refractivity contribution in [2.75, 3.05) is 48.4 Å². The van der Waals surface area contributed by atoms with Crippen molar-refractivity contribution in [2.45, 2.75) is 30.7 Å². The van der Waals surface area contributed by atoms with Crippen LogP contribution >= 0.6 is 11.8 Å². The SMILES string of the molecule is CC(C)c1ccc(N2C(=O)CS[C@@]23C(=O)N(CN2CCN(C(c4ccccc4)c4ccccc4)CC2)c2ccccc23)cc1. The predicted octanol–water partition coefficient (Wildman–Crippen LogP) is 6.45. The summed E-state index contributed by atoms with van der Waals surface area (Å²) in [4.78, 5) is 35.6. The van der Waals surface area contributed by atoms with E-state index in [1.54, 1.807) is 4.90 Å². The summed E-state index contributed by atoms with van der Waals surface area (Å²) in [5.74, 6) is 0.607. The topological polar surface area (TPSA) is 47.1 Å². The third kappa shape index (κ3) is 4.93. The molecule has 0 unspecified atom stereocenters. The third-order valence-corrected chi connectivity index (χ3v) is 10.6. The van der Waals surface area contributed by atoms with E-state index in [4.69, 9.17) is 0 Å². The minimum Gasteiger partial charge on any atom is -0.295 e. The van der Waals surface area contributed by atoms with Crippen LogP contribution < -0.4 is 9.80 Å². The van der Waals surface area contributed by atoms with E-state index in [9.17, 15) is 9.59 Å². The van der Waals surface area contributed by atoms with Gasteiger partial charge in [0.05, 0.1) is 24.2 Å². The number of carbonyl (C=O) groups excluding carboxylic acids is 2. The third-order valence-electron chi connectivity index (χ3n) is 9.23. The summed E-state index contributed by atoms with van der Waals surface area (Å²) in [6.07, 6.45) is 0. The Bertz CT molecular complexity index is 1600. The van der Waals surface area contributed by atoms with Crippen LogP contribution in [0.2, 0.25) is 0 Å². The predicted molar refractivity (Wildman–Crippen MR) is 179 cm³/mol. The van der Waals surface area contributed by atoms with Crippen LogP contribution in [0.3, 0.4) is 0 Å². The number of thioether (sulfide) groups is 1. The molecule has 6 nitrogen and oxygen atoms in total. The summed E-state index contributed by atoms with van der Waals surface area (Å²) in [7, 11) is 0. The Morgan fingerprint density at radius 1 is 0.705 bits per heavy atom. The first-order valence-electron chi connectivity index (χ1n) is 15.5. The van der Waals surface area contributed by atoms with E-state index < -0.39 is 4.87 Å². The van der Waals surface area contributed by atoms with Gasteiger partial charge in [-0.2, -0.15) is 0 Å². The first-order chi connectivity index (χ1) is 21.5. The molecule has 3 aliphatic rings. The average Bonchev–Trinajstić information content (AvgIpc) is 3.53. The molecular formula is C37H38N4O2S. The van der Waals surface area contributed by atoms with Crippen LogP contribution in [0.4, 0.5) is 11.4 Å². The smallest absolute Gasteiger partial charge is 0.269 e. The highest BCUT2D eigenvalue weighted by atomic mass is 32.2. The second-order valence-electron chi connectivity index (χ2n) is 12.2. The largest absolute Gasteiger partial charge is 0.295 e. The Morgan fingerprint density at radius 3 is 1.91 bits per heavy atom. The Morgan fingerprint density at radius 2 is 1.30 bits per heavy atom. The molecule has 2 fully saturated rings. The fraction of sp³-hybridized carbons (Fsp3) is 0.297. The van der Waals surface area contributed by atoms with Crippen molar-refractivity contribution in [3.63, 3.8) is 0 Å². The number of hydrogen-bond donors (Lipinski definition) is 0. The Hall–Kier alpha value is -3.91. The van der Waals surface area contributed by atoms with E-state index in [2.05, 4.69) is 96.4 Å². The van der Waals surface area contributed by atoms with Gasteiger partial charge >= 0.3 is 0 Å². The number of benzene rings is 4. The molecule has 2 amide bonds. The van der Waals surface area contributed by atoms with Crippen LogP contribution in [0.5, 0.6) is 0 Å². The molecule has 3 heterocycles. The molecule has 7 rings (SSSR count). The molecular weight excluding hydrogens is 565 g/mol. The maximum Gasteiger partial charge on any atom is 0.269 e. The summed E-state index contributed by atoms with van der Waals surface area (Å²) in [6, 6.07) is 37.8. The number of para-hydroxylation sites is 1. The molecule has 2 saturated heterocycles. The van der Waals surface area contributed by atoms with E-state index in [0.29, 0.717) is 12.6 Å². The summed E-state index contributed by atoms with van der Waals surface area (Å²) in [6.45, 7) is 8.30. The molecule has 4 aromatic rings. The standard InChI is InChI=1S/C37H38N4O2S/c1-27(2)28-17-19-31(20-18-28)41-34(42)25-44-37(41)32-15-9-10-16-33(32)40(36(37)43)26-38-21-23-39(24-22-38)35(29-11-5-3-6-12-29)30-13-7-4-8-14-30/h3-20,27,35H,21-26H2,1-2H3/t37-/m0/s1. The molecule has 7 heteroatoms. The van der Waals surface area contributed by atoms with Crippen LogP contribution in [0, 0.1) is 0 Å². The lowest BCUT2D eigenvalue weighted by molar-refractivity contribution is -0.124. The van der Waals surface area contributed by atoms with Gasteiger partial charge in [0.1, 0.15) is 0 Å². The summed E-state index contributed by atoms with van der Waals surface area (Å²) in [5.41, 5.74) is 6.38. The number of fused-ring (bicyclic) bond motifs is 2. The molecule has 0 aromatic heterocycles. The maximum atomic E-state index is 14.6. The van der Waals surface area contributed by atoms with Crippen molar-refractivity contribution < 1.29 is 9.59 Å². The molecule has 0 radical (unpaired) electrons. The van der Waals surface area contributed by atoms with Gasteiger partial charge in [-0.05, 0) is 40.8 Å². The van der Waals surface area contributed by atoms with Gasteiger partial charge in [0.2, 0.25) is 10.8 Å². The molecule has 1 spiro atoms. The molecule has 0 bridgehead atoms. The highest BCUT2D eigenvalue weighted by molar-refractivity contribution is 8.02. The maximum absolute atomic E-state index is 14.6. The number of carbonyl (C=O) groups is 2.